The molecule has 0 aromatic carbocycles. The van der Waals surface area contributed by atoms with E-state index in [2.05, 4.69) is 35.6 Å². The highest BCUT2D eigenvalue weighted by molar-refractivity contribution is 6.06. The largest absolute Gasteiger partial charge is 0.361 e. The first-order valence-corrected chi connectivity index (χ1v) is 9.34. The van der Waals surface area contributed by atoms with E-state index in [0.717, 1.165) is 48.5 Å². The van der Waals surface area contributed by atoms with Crippen molar-refractivity contribution in [3.05, 3.63) is 46.5 Å². The molecule has 1 amide bonds. The Morgan fingerprint density at radius 3 is 3.08 bits per heavy atom. The van der Waals surface area contributed by atoms with E-state index in [1.54, 1.807) is 6.92 Å². The normalized spacial score (nSPS) is 18.7. The highest BCUT2D eigenvalue weighted by Gasteiger charge is 2.27. The van der Waals surface area contributed by atoms with Crippen molar-refractivity contribution in [2.75, 3.05) is 5.32 Å². The van der Waals surface area contributed by atoms with Crippen molar-refractivity contribution in [3.63, 3.8) is 0 Å². The molecule has 2 aromatic rings. The van der Waals surface area contributed by atoms with Crippen molar-refractivity contribution in [1.82, 2.24) is 14.9 Å². The highest BCUT2D eigenvalue weighted by Crippen LogP contribution is 2.33. The lowest BCUT2D eigenvalue weighted by atomic mass is 10.0. The second-order valence-electron chi connectivity index (χ2n) is 7.11. The number of carbonyl (C=O) groups excluding carboxylic acids is 1. The van der Waals surface area contributed by atoms with Gasteiger partial charge in [0, 0.05) is 6.99 Å². The number of nitrogens with zero attached hydrogens (tertiary/aromatic N) is 3. The van der Waals surface area contributed by atoms with Crippen LogP contribution in [0.25, 0.3) is 5.70 Å². The van der Waals surface area contributed by atoms with Crippen molar-refractivity contribution in [2.45, 2.75) is 52.9 Å². The van der Waals surface area contributed by atoms with Gasteiger partial charge < -0.3 is 9.84 Å². The Labute approximate surface area is 154 Å². The van der Waals surface area contributed by atoms with E-state index in [4.69, 9.17) is 9.62 Å². The Balaban J connectivity index is 0.00000210. The summed E-state index contributed by atoms with van der Waals surface area (Å²) >= 11 is 0. The van der Waals surface area contributed by atoms with E-state index in [1.807, 2.05) is 11.6 Å². The summed E-state index contributed by atoms with van der Waals surface area (Å²) in [5, 5.41) is 11.9. The molecule has 4 rings (SSSR count). The molecule has 0 spiro atoms. The summed E-state index contributed by atoms with van der Waals surface area (Å²) in [6, 6.07) is 0. The van der Waals surface area contributed by atoms with E-state index in [1.165, 1.54) is 0 Å². The molecular weight excluding hydrogens is 328 g/mol. The van der Waals surface area contributed by atoms with Crippen LogP contribution in [0.1, 0.15) is 61.2 Å². The average Bonchev–Trinajstić information content (AvgIpc) is 3.30. The number of fused-ring (bicyclic) bond motifs is 1. The van der Waals surface area contributed by atoms with Gasteiger partial charge in [-0.2, -0.15) is 5.10 Å². The first-order valence-electron chi connectivity index (χ1n) is 9.34. The lowest BCUT2D eigenvalue weighted by molar-refractivity contribution is 0.102. The third-order valence-electron chi connectivity index (χ3n) is 5.13. The summed E-state index contributed by atoms with van der Waals surface area (Å²) < 4.78 is 7.12. The second-order valence-corrected chi connectivity index (χ2v) is 7.11. The van der Waals surface area contributed by atoms with Crippen LogP contribution in [0.4, 0.5) is 5.82 Å². The van der Waals surface area contributed by atoms with Gasteiger partial charge in [-0.05, 0) is 51.0 Å². The molecule has 138 valence electrons. The Morgan fingerprint density at radius 1 is 1.46 bits per heavy atom. The molecule has 2 aromatic heterocycles. The van der Waals surface area contributed by atoms with Crippen LogP contribution in [0.15, 0.2) is 22.8 Å². The molecule has 6 heteroatoms. The summed E-state index contributed by atoms with van der Waals surface area (Å²) in [5.74, 6) is 1.62. The number of rotatable bonds is 4. The third kappa shape index (κ3) is 2.79. The van der Waals surface area contributed by atoms with Crippen molar-refractivity contribution < 1.29 is 10.7 Å². The minimum atomic E-state index is -0.176. The van der Waals surface area contributed by atoms with Crippen molar-refractivity contribution in [1.29, 1.82) is 0 Å². The van der Waals surface area contributed by atoms with Gasteiger partial charge >= 0.3 is 0 Å². The molecule has 0 bridgehead atoms. The maximum atomic E-state index is 13.0. The van der Waals surface area contributed by atoms with Gasteiger partial charge in [-0.25, -0.2) is 4.68 Å². The lowest BCUT2D eigenvalue weighted by Crippen LogP contribution is -2.18. The Bertz CT molecular complexity index is 923. The highest BCUT2D eigenvalue weighted by atomic mass is 16.5. The van der Waals surface area contributed by atoms with Gasteiger partial charge in [0.2, 0.25) is 0 Å². The first-order chi connectivity index (χ1) is 12.6. The molecular formula is C20H26N4O2. The topological polar surface area (TPSA) is 73.0 Å². The van der Waals surface area contributed by atoms with Crippen LogP contribution in [0, 0.1) is 12.8 Å². The van der Waals surface area contributed by atoms with Gasteiger partial charge in [-0.15, -0.1) is 0 Å². The van der Waals surface area contributed by atoms with Crippen molar-refractivity contribution in [3.8, 4) is 0 Å². The summed E-state index contributed by atoms with van der Waals surface area (Å²) in [6.45, 7) is 5.93. The van der Waals surface area contributed by atoms with Crippen LogP contribution in [0.5, 0.6) is 0 Å². The molecule has 0 aliphatic heterocycles. The fraction of sp³-hybridized carbons (Fsp3) is 0.450. The standard InChI is InChI=1S/C20H24N4O2.H2/c1-4-16-18(13(3)26-23-16)20(25)21-19-15-9-6-10-17(15)22-24(19)14-8-5-7-12(2)11-14;/h5,8,11-12H,4,6-7,9-10H2,1-3H3,(H,21,25);1H. The van der Waals surface area contributed by atoms with Crippen LogP contribution in [0.3, 0.4) is 0 Å². The molecule has 2 aliphatic rings. The van der Waals surface area contributed by atoms with Gasteiger partial charge in [-0.1, -0.05) is 31.2 Å². The molecule has 0 fully saturated rings. The molecule has 0 saturated carbocycles. The van der Waals surface area contributed by atoms with Crippen molar-refractivity contribution in [2.24, 2.45) is 5.92 Å². The van der Waals surface area contributed by atoms with Crippen LogP contribution in [-0.4, -0.2) is 20.8 Å². The molecule has 26 heavy (non-hydrogen) atoms. The van der Waals surface area contributed by atoms with Gasteiger partial charge in [0.25, 0.3) is 5.91 Å². The maximum Gasteiger partial charge on any atom is 0.262 e. The summed E-state index contributed by atoms with van der Waals surface area (Å²) in [6.07, 6.45) is 11.1. The number of aryl methyl sites for hydroxylation is 3. The lowest BCUT2D eigenvalue weighted by Gasteiger charge is -2.16. The number of allylic oxidation sites excluding steroid dienone is 4. The molecule has 2 heterocycles. The van der Waals surface area contributed by atoms with Gasteiger partial charge in [0.1, 0.15) is 17.1 Å². The number of hydrogen-bond acceptors (Lipinski definition) is 4. The second kappa shape index (κ2) is 6.59. The van der Waals surface area contributed by atoms with Crippen LogP contribution in [-0.2, 0) is 19.3 Å². The van der Waals surface area contributed by atoms with E-state index in [9.17, 15) is 4.79 Å². The number of amides is 1. The van der Waals surface area contributed by atoms with Crippen LogP contribution >= 0.6 is 0 Å². The summed E-state index contributed by atoms with van der Waals surface area (Å²) in [4.78, 5) is 13.0. The molecule has 1 N–H and O–H groups in total. The summed E-state index contributed by atoms with van der Waals surface area (Å²) in [7, 11) is 0. The third-order valence-corrected chi connectivity index (χ3v) is 5.13. The first kappa shape index (κ1) is 16.8. The number of hydrogen-bond donors (Lipinski definition) is 1. The Kier molecular flexibility index (Phi) is 4.26. The predicted molar refractivity (Wildman–Crippen MR) is 102 cm³/mol. The minimum Gasteiger partial charge on any atom is -0.361 e. The molecule has 0 radical (unpaired) electrons. The van der Waals surface area contributed by atoms with Gasteiger partial charge in [0.15, 0.2) is 0 Å². The van der Waals surface area contributed by atoms with Crippen LogP contribution < -0.4 is 5.32 Å². The number of carbonyl (C=O) groups is 1. The maximum absolute atomic E-state index is 13.0. The van der Waals surface area contributed by atoms with E-state index in [-0.39, 0.29) is 7.33 Å². The molecule has 0 saturated heterocycles. The number of aromatic nitrogens is 3. The monoisotopic (exact) mass is 354 g/mol. The predicted octanol–water partition coefficient (Wildman–Crippen LogP) is 4.17. The van der Waals surface area contributed by atoms with E-state index in [0.29, 0.717) is 29.4 Å². The van der Waals surface area contributed by atoms with E-state index >= 15 is 0 Å². The van der Waals surface area contributed by atoms with Gasteiger partial charge in [0.05, 0.1) is 17.1 Å². The molecule has 1 unspecified atom stereocenters. The zero-order valence-corrected chi connectivity index (χ0v) is 15.5. The molecule has 1 atom stereocenters. The zero-order valence-electron chi connectivity index (χ0n) is 15.5. The van der Waals surface area contributed by atoms with Gasteiger partial charge in [-0.3, -0.25) is 4.79 Å². The number of nitrogens with one attached hydrogen (secondary N) is 1. The fourth-order valence-electron chi connectivity index (χ4n) is 3.79. The minimum absolute atomic E-state index is 0. The quantitative estimate of drug-likeness (QED) is 0.894. The van der Waals surface area contributed by atoms with Crippen LogP contribution in [0.2, 0.25) is 0 Å². The van der Waals surface area contributed by atoms with E-state index < -0.39 is 0 Å². The summed E-state index contributed by atoms with van der Waals surface area (Å²) in [5.41, 5.74) is 4.48. The molecule has 6 nitrogen and oxygen atoms in total. The SMILES string of the molecule is CCc1noc(C)c1C(=O)Nc1c2c(nn1C1=CC(C)CC=C1)CCC2.[HH]. The smallest absolute Gasteiger partial charge is 0.262 e. The Morgan fingerprint density at radius 2 is 2.31 bits per heavy atom. The molecule has 2 aliphatic carbocycles. The average molecular weight is 354 g/mol. The Hall–Kier alpha value is -2.63. The number of anilines is 1. The zero-order chi connectivity index (χ0) is 18.3. The fourth-order valence-corrected chi connectivity index (χ4v) is 3.79. The van der Waals surface area contributed by atoms with Crippen molar-refractivity contribution >= 4 is 17.4 Å².